The topological polar surface area (TPSA) is 62.6 Å². The van der Waals surface area contributed by atoms with E-state index in [1.165, 1.54) is 23.0 Å². The van der Waals surface area contributed by atoms with E-state index in [0.717, 1.165) is 0 Å². The highest BCUT2D eigenvalue weighted by molar-refractivity contribution is 5.91. The van der Waals surface area contributed by atoms with E-state index in [0.29, 0.717) is 32.5 Å². The Bertz CT molecular complexity index is 967. The molecule has 5 nitrogen and oxygen atoms in total. The lowest BCUT2D eigenvalue weighted by Gasteiger charge is -2.35. The monoisotopic (exact) mass is 388 g/mol. The fourth-order valence-corrected chi connectivity index (χ4v) is 3.86. The van der Waals surface area contributed by atoms with Crippen LogP contribution in [0.1, 0.15) is 46.0 Å². The van der Waals surface area contributed by atoms with Crippen molar-refractivity contribution in [2.45, 2.75) is 25.3 Å². The Morgan fingerprint density at radius 3 is 2.59 bits per heavy atom. The molecule has 0 saturated heterocycles. The number of hydrogen-bond acceptors (Lipinski definition) is 3. The number of fused-ring (bicyclic) bond motifs is 1. The van der Waals surface area contributed by atoms with Crippen molar-refractivity contribution in [2.75, 3.05) is 13.1 Å². The molecule has 0 unspecified atom stereocenters. The molecule has 148 valence electrons. The van der Waals surface area contributed by atoms with Gasteiger partial charge in [0, 0.05) is 32.0 Å². The van der Waals surface area contributed by atoms with Crippen LogP contribution in [0.4, 0.5) is 0 Å². The number of amides is 2. The number of nitrogens with one attached hydrogen (secondary N) is 1. The normalized spacial score (nSPS) is 15.6. The third-order valence-corrected chi connectivity index (χ3v) is 5.35. The van der Waals surface area contributed by atoms with Crippen molar-refractivity contribution < 1.29 is 14.0 Å². The third kappa shape index (κ3) is 4.40. The lowest BCUT2D eigenvalue weighted by molar-refractivity contribution is -0.132. The molecule has 29 heavy (non-hydrogen) atoms. The molecule has 0 spiro atoms. The van der Waals surface area contributed by atoms with Crippen molar-refractivity contribution in [3.63, 3.8) is 0 Å². The molecular weight excluding hydrogens is 364 g/mol. The molecule has 0 aliphatic carbocycles. The predicted molar refractivity (Wildman–Crippen MR) is 110 cm³/mol. The van der Waals surface area contributed by atoms with Crippen molar-refractivity contribution in [1.29, 1.82) is 0 Å². The van der Waals surface area contributed by atoms with E-state index in [-0.39, 0.29) is 23.5 Å². The quantitative estimate of drug-likeness (QED) is 0.650. The van der Waals surface area contributed by atoms with Gasteiger partial charge in [0.2, 0.25) is 5.91 Å². The summed E-state index contributed by atoms with van der Waals surface area (Å²) in [6, 6.07) is 22.0. The minimum Gasteiger partial charge on any atom is -0.459 e. The van der Waals surface area contributed by atoms with Crippen LogP contribution in [-0.4, -0.2) is 29.8 Å². The van der Waals surface area contributed by atoms with E-state index >= 15 is 0 Å². The molecule has 1 aliphatic rings. The van der Waals surface area contributed by atoms with Gasteiger partial charge in [-0.2, -0.15) is 0 Å². The summed E-state index contributed by atoms with van der Waals surface area (Å²) in [5.41, 5.74) is 3.73. The van der Waals surface area contributed by atoms with Crippen molar-refractivity contribution in [2.24, 2.45) is 0 Å². The van der Waals surface area contributed by atoms with E-state index in [9.17, 15) is 9.59 Å². The average molecular weight is 388 g/mol. The van der Waals surface area contributed by atoms with Crippen LogP contribution in [0.25, 0.3) is 0 Å². The summed E-state index contributed by atoms with van der Waals surface area (Å²) >= 11 is 0. The first kappa shape index (κ1) is 19.0. The van der Waals surface area contributed by atoms with Gasteiger partial charge in [0.25, 0.3) is 5.91 Å². The van der Waals surface area contributed by atoms with Crippen LogP contribution in [0.5, 0.6) is 0 Å². The third-order valence-electron chi connectivity index (χ3n) is 5.35. The fraction of sp³-hybridized carbons (Fsp3) is 0.250. The summed E-state index contributed by atoms with van der Waals surface area (Å²) in [5, 5.41) is 2.79. The van der Waals surface area contributed by atoms with Crippen molar-refractivity contribution in [3.8, 4) is 0 Å². The highest BCUT2D eigenvalue weighted by Gasteiger charge is 2.28. The number of rotatable bonds is 6. The Hall–Kier alpha value is -3.34. The van der Waals surface area contributed by atoms with Crippen LogP contribution in [0.15, 0.2) is 77.4 Å². The molecule has 3 aromatic rings. The van der Waals surface area contributed by atoms with Crippen LogP contribution in [0.3, 0.4) is 0 Å². The van der Waals surface area contributed by atoms with Crippen LogP contribution in [0.2, 0.25) is 0 Å². The van der Waals surface area contributed by atoms with Crippen LogP contribution < -0.4 is 5.32 Å². The van der Waals surface area contributed by atoms with Gasteiger partial charge in [-0.15, -0.1) is 0 Å². The molecule has 1 atom stereocenters. The second-order valence-electron chi connectivity index (χ2n) is 7.27. The summed E-state index contributed by atoms with van der Waals surface area (Å²) in [7, 11) is 0. The summed E-state index contributed by atoms with van der Waals surface area (Å²) in [4.78, 5) is 26.7. The lowest BCUT2D eigenvalue weighted by atomic mass is 9.84. The first-order valence-corrected chi connectivity index (χ1v) is 9.94. The lowest BCUT2D eigenvalue weighted by Crippen LogP contribution is -2.38. The standard InChI is InChI=1S/C24H24N2O3/c27-23(13-6-14-25-24(28)22-12-7-15-29-22)26-16-19-10-4-5-11-20(19)21(17-26)18-8-2-1-3-9-18/h1-5,7-12,15,21H,6,13-14,16-17H2,(H,25,28)/t21-/m1/s1. The molecule has 1 aromatic heterocycles. The highest BCUT2D eigenvalue weighted by atomic mass is 16.3. The van der Waals surface area contributed by atoms with Crippen molar-refractivity contribution >= 4 is 11.8 Å². The molecule has 0 saturated carbocycles. The Morgan fingerprint density at radius 2 is 1.79 bits per heavy atom. The zero-order valence-corrected chi connectivity index (χ0v) is 16.2. The van der Waals surface area contributed by atoms with Gasteiger partial charge in [-0.1, -0.05) is 54.6 Å². The molecule has 5 heteroatoms. The largest absolute Gasteiger partial charge is 0.459 e. The molecule has 0 fully saturated rings. The second kappa shape index (κ2) is 8.78. The van der Waals surface area contributed by atoms with Crippen molar-refractivity contribution in [1.82, 2.24) is 10.2 Å². The maximum absolute atomic E-state index is 12.9. The maximum atomic E-state index is 12.9. The summed E-state index contributed by atoms with van der Waals surface area (Å²) in [5.74, 6) is 0.338. The molecule has 4 rings (SSSR count). The number of nitrogens with zero attached hydrogens (tertiary/aromatic N) is 1. The maximum Gasteiger partial charge on any atom is 0.286 e. The minimum atomic E-state index is -0.251. The Balaban J connectivity index is 1.37. The zero-order valence-electron chi connectivity index (χ0n) is 16.2. The van der Waals surface area contributed by atoms with E-state index in [1.54, 1.807) is 12.1 Å². The Labute approximate surface area is 170 Å². The van der Waals surface area contributed by atoms with Gasteiger partial charge >= 0.3 is 0 Å². The van der Waals surface area contributed by atoms with Crippen molar-refractivity contribution in [3.05, 3.63) is 95.4 Å². The van der Waals surface area contributed by atoms with E-state index in [4.69, 9.17) is 4.42 Å². The first-order valence-electron chi connectivity index (χ1n) is 9.94. The second-order valence-corrected chi connectivity index (χ2v) is 7.27. The number of carbonyl (C=O) groups excluding carboxylic acids is 2. The molecule has 2 amide bonds. The molecule has 1 N–H and O–H groups in total. The van der Waals surface area contributed by atoms with Gasteiger partial charge in [-0.05, 0) is 35.2 Å². The Morgan fingerprint density at radius 1 is 1.00 bits per heavy atom. The molecule has 0 radical (unpaired) electrons. The SMILES string of the molecule is O=C(NCCCC(=O)N1Cc2ccccc2[C@@H](c2ccccc2)C1)c1ccco1. The Kier molecular flexibility index (Phi) is 5.75. The molecule has 1 aliphatic heterocycles. The molecule has 2 aromatic carbocycles. The smallest absolute Gasteiger partial charge is 0.286 e. The van der Waals surface area contributed by atoms with Gasteiger partial charge in [0.15, 0.2) is 5.76 Å². The number of carbonyl (C=O) groups is 2. The molecule has 0 bridgehead atoms. The fourth-order valence-electron chi connectivity index (χ4n) is 3.86. The summed E-state index contributed by atoms with van der Waals surface area (Å²) < 4.78 is 5.07. The van der Waals surface area contributed by atoms with Gasteiger partial charge in [0.05, 0.1) is 6.26 Å². The van der Waals surface area contributed by atoms with Crippen LogP contribution >= 0.6 is 0 Å². The zero-order chi connectivity index (χ0) is 20.1. The van der Waals surface area contributed by atoms with Gasteiger partial charge in [-0.25, -0.2) is 0 Å². The minimum absolute atomic E-state index is 0.118. The summed E-state index contributed by atoms with van der Waals surface area (Å²) in [6.45, 7) is 1.76. The van der Waals surface area contributed by atoms with Gasteiger partial charge < -0.3 is 14.6 Å². The number of hydrogen-bond donors (Lipinski definition) is 1. The summed E-state index contributed by atoms with van der Waals surface area (Å²) in [6.07, 6.45) is 2.47. The van der Waals surface area contributed by atoms with Gasteiger partial charge in [-0.3, -0.25) is 9.59 Å². The van der Waals surface area contributed by atoms with E-state index < -0.39 is 0 Å². The van der Waals surface area contributed by atoms with E-state index in [2.05, 4.69) is 35.6 Å². The van der Waals surface area contributed by atoms with E-state index in [1.807, 2.05) is 29.2 Å². The van der Waals surface area contributed by atoms with Crippen LogP contribution in [0, 0.1) is 0 Å². The first-order chi connectivity index (χ1) is 14.2. The number of benzene rings is 2. The van der Waals surface area contributed by atoms with Crippen LogP contribution in [-0.2, 0) is 11.3 Å². The molecular formula is C24H24N2O3. The average Bonchev–Trinajstić information content (AvgIpc) is 3.31. The highest BCUT2D eigenvalue weighted by Crippen LogP contribution is 2.33. The molecule has 2 heterocycles. The van der Waals surface area contributed by atoms with Gasteiger partial charge in [0.1, 0.15) is 0 Å². The predicted octanol–water partition coefficient (Wildman–Crippen LogP) is 3.96. The number of furan rings is 1.